The molecule has 0 saturated heterocycles. The topological polar surface area (TPSA) is 53.9 Å². The van der Waals surface area contributed by atoms with E-state index >= 15 is 0 Å². The van der Waals surface area contributed by atoms with Crippen LogP contribution in [0, 0.1) is 5.92 Å². The molecule has 1 unspecified atom stereocenters. The van der Waals surface area contributed by atoms with E-state index in [-0.39, 0.29) is 5.60 Å². The summed E-state index contributed by atoms with van der Waals surface area (Å²) in [4.78, 5) is 16.8. The third-order valence-corrected chi connectivity index (χ3v) is 4.97. The molecule has 3 rings (SSSR count). The standard InChI is InChI=1S/C18H25N3.C5H10O2/c1-14-8-10-21(2)11-9-16-13-19-17(20-18(14)16)12-15-6-4-3-5-7-15;1-5(2,3)7-4-6/h3-7,14H,8-13H2,1-2H3,(H,19,20);4H,1-3H3. The molecule has 28 heavy (non-hydrogen) atoms. The first-order valence-corrected chi connectivity index (χ1v) is 10.1. The molecule has 0 aliphatic carbocycles. The number of amidine groups is 1. The van der Waals surface area contributed by atoms with Crippen LogP contribution in [0.3, 0.4) is 0 Å². The number of carbonyl (C=O) groups excluding carboxylic acids is 1. The van der Waals surface area contributed by atoms with Crippen LogP contribution >= 0.6 is 0 Å². The molecule has 2 heterocycles. The SMILES string of the molecule is CC(C)(C)OC=O.CC1CCN(C)CCC2=C1NC(Cc1ccccc1)=NC2. The normalized spacial score (nSPS) is 20.5. The maximum Gasteiger partial charge on any atom is 0.293 e. The third kappa shape index (κ3) is 7.47. The summed E-state index contributed by atoms with van der Waals surface area (Å²) in [6.07, 6.45) is 3.27. The molecule has 5 nitrogen and oxygen atoms in total. The number of nitrogens with zero attached hydrogens (tertiary/aromatic N) is 2. The van der Waals surface area contributed by atoms with Crippen molar-refractivity contribution in [1.82, 2.24) is 10.2 Å². The fraction of sp³-hybridized carbons (Fsp3) is 0.565. The lowest BCUT2D eigenvalue weighted by molar-refractivity contribution is -0.138. The Morgan fingerprint density at radius 2 is 1.96 bits per heavy atom. The summed E-state index contributed by atoms with van der Waals surface area (Å²) in [7, 11) is 2.22. The van der Waals surface area contributed by atoms with Gasteiger partial charge in [-0.15, -0.1) is 0 Å². The Hall–Kier alpha value is -2.14. The Morgan fingerprint density at radius 3 is 2.57 bits per heavy atom. The van der Waals surface area contributed by atoms with E-state index in [1.165, 1.54) is 29.8 Å². The van der Waals surface area contributed by atoms with Crippen LogP contribution in [0.25, 0.3) is 0 Å². The molecule has 154 valence electrons. The zero-order valence-electron chi connectivity index (χ0n) is 18.0. The van der Waals surface area contributed by atoms with Gasteiger partial charge in [0.25, 0.3) is 6.47 Å². The predicted octanol–water partition coefficient (Wildman–Crippen LogP) is 3.80. The first-order valence-electron chi connectivity index (χ1n) is 10.1. The zero-order valence-corrected chi connectivity index (χ0v) is 18.0. The van der Waals surface area contributed by atoms with Crippen molar-refractivity contribution in [1.29, 1.82) is 0 Å². The monoisotopic (exact) mass is 385 g/mol. The van der Waals surface area contributed by atoms with Crippen LogP contribution in [0.2, 0.25) is 0 Å². The molecule has 1 aromatic carbocycles. The minimum Gasteiger partial charge on any atom is -0.462 e. The molecule has 2 aliphatic rings. The fourth-order valence-corrected chi connectivity index (χ4v) is 3.27. The lowest BCUT2D eigenvalue weighted by Gasteiger charge is -2.31. The molecular formula is C23H35N3O2. The largest absolute Gasteiger partial charge is 0.462 e. The first-order chi connectivity index (χ1) is 13.3. The van der Waals surface area contributed by atoms with Gasteiger partial charge in [-0.1, -0.05) is 37.3 Å². The van der Waals surface area contributed by atoms with Gasteiger partial charge in [-0.2, -0.15) is 0 Å². The first kappa shape index (κ1) is 22.2. The number of benzene rings is 1. The number of aliphatic imine (C=N–C) groups is 1. The van der Waals surface area contributed by atoms with Crippen molar-refractivity contribution in [2.24, 2.45) is 10.9 Å². The summed E-state index contributed by atoms with van der Waals surface area (Å²) in [5, 5.41) is 3.65. The van der Waals surface area contributed by atoms with Crippen molar-refractivity contribution >= 4 is 12.3 Å². The molecule has 0 fully saturated rings. The highest BCUT2D eigenvalue weighted by molar-refractivity contribution is 5.87. The number of hydrogen-bond acceptors (Lipinski definition) is 5. The zero-order chi connectivity index (χ0) is 20.6. The van der Waals surface area contributed by atoms with Crippen LogP contribution in [-0.4, -0.2) is 49.5 Å². The van der Waals surface area contributed by atoms with Gasteiger partial charge in [0.2, 0.25) is 0 Å². The average Bonchev–Trinajstić information content (AvgIpc) is 2.64. The molecule has 1 N–H and O–H groups in total. The molecule has 1 atom stereocenters. The van der Waals surface area contributed by atoms with Gasteiger partial charge in [-0.05, 0) is 64.3 Å². The predicted molar refractivity (Wildman–Crippen MR) is 115 cm³/mol. The highest BCUT2D eigenvalue weighted by Gasteiger charge is 2.22. The summed E-state index contributed by atoms with van der Waals surface area (Å²) in [6, 6.07) is 10.6. The van der Waals surface area contributed by atoms with E-state index in [1.807, 2.05) is 20.8 Å². The van der Waals surface area contributed by atoms with Crippen LogP contribution in [0.5, 0.6) is 0 Å². The molecule has 0 aromatic heterocycles. The highest BCUT2D eigenvalue weighted by atomic mass is 16.5. The summed E-state index contributed by atoms with van der Waals surface area (Å²) in [5.41, 5.74) is 3.96. The minimum atomic E-state index is -0.318. The van der Waals surface area contributed by atoms with Crippen LogP contribution in [0.1, 0.15) is 46.1 Å². The van der Waals surface area contributed by atoms with Gasteiger partial charge in [-0.3, -0.25) is 9.79 Å². The summed E-state index contributed by atoms with van der Waals surface area (Å²) >= 11 is 0. The van der Waals surface area contributed by atoms with E-state index in [4.69, 9.17) is 4.99 Å². The molecule has 0 saturated carbocycles. The number of ether oxygens (including phenoxy) is 1. The Morgan fingerprint density at radius 1 is 1.25 bits per heavy atom. The van der Waals surface area contributed by atoms with Crippen LogP contribution < -0.4 is 5.32 Å². The number of rotatable bonds is 3. The van der Waals surface area contributed by atoms with Crippen molar-refractivity contribution < 1.29 is 9.53 Å². The van der Waals surface area contributed by atoms with E-state index in [0.717, 1.165) is 31.8 Å². The van der Waals surface area contributed by atoms with Crippen LogP contribution in [-0.2, 0) is 16.0 Å². The van der Waals surface area contributed by atoms with Gasteiger partial charge in [0.1, 0.15) is 11.4 Å². The van der Waals surface area contributed by atoms with Crippen molar-refractivity contribution in [2.45, 2.75) is 52.6 Å². The van der Waals surface area contributed by atoms with Crippen LogP contribution in [0.15, 0.2) is 46.6 Å². The Labute approximate surface area is 169 Å². The Bertz CT molecular complexity index is 690. The molecular weight excluding hydrogens is 350 g/mol. The summed E-state index contributed by atoms with van der Waals surface area (Å²) in [5.74, 6) is 1.73. The number of allylic oxidation sites excluding steroid dienone is 1. The van der Waals surface area contributed by atoms with Crippen molar-refractivity contribution in [2.75, 3.05) is 26.7 Å². The summed E-state index contributed by atoms with van der Waals surface area (Å²) in [6.45, 7) is 11.5. The molecule has 5 heteroatoms. The van der Waals surface area contributed by atoms with Gasteiger partial charge >= 0.3 is 0 Å². The molecule has 0 radical (unpaired) electrons. The maximum atomic E-state index is 9.60. The molecule has 1 aromatic rings. The van der Waals surface area contributed by atoms with Gasteiger partial charge < -0.3 is 15.0 Å². The van der Waals surface area contributed by atoms with E-state index < -0.39 is 0 Å². The van der Waals surface area contributed by atoms with Crippen molar-refractivity contribution in [3.05, 3.63) is 47.2 Å². The number of hydrogen-bond donors (Lipinski definition) is 1. The summed E-state index contributed by atoms with van der Waals surface area (Å²) < 4.78 is 4.55. The second-order valence-electron chi connectivity index (χ2n) is 8.64. The lowest BCUT2D eigenvalue weighted by atomic mass is 9.93. The van der Waals surface area contributed by atoms with Crippen molar-refractivity contribution in [3.63, 3.8) is 0 Å². The van der Waals surface area contributed by atoms with Crippen molar-refractivity contribution in [3.8, 4) is 0 Å². The molecule has 0 bridgehead atoms. The molecule has 2 aliphatic heterocycles. The smallest absolute Gasteiger partial charge is 0.293 e. The Kier molecular flexibility index (Phi) is 8.24. The third-order valence-electron chi connectivity index (χ3n) is 4.97. The highest BCUT2D eigenvalue weighted by Crippen LogP contribution is 2.24. The van der Waals surface area contributed by atoms with Gasteiger partial charge in [0, 0.05) is 18.7 Å². The second kappa shape index (κ2) is 10.4. The number of nitrogens with one attached hydrogen (secondary N) is 1. The quantitative estimate of drug-likeness (QED) is 0.804. The van der Waals surface area contributed by atoms with Crippen LogP contribution in [0.4, 0.5) is 0 Å². The number of carbonyl (C=O) groups is 1. The average molecular weight is 386 g/mol. The molecule has 0 spiro atoms. The minimum absolute atomic E-state index is 0.318. The lowest BCUT2D eigenvalue weighted by Crippen LogP contribution is -2.37. The van der Waals surface area contributed by atoms with E-state index in [0.29, 0.717) is 12.4 Å². The molecule has 0 amide bonds. The fourth-order valence-electron chi connectivity index (χ4n) is 3.27. The second-order valence-corrected chi connectivity index (χ2v) is 8.64. The van der Waals surface area contributed by atoms with E-state index in [9.17, 15) is 4.79 Å². The van der Waals surface area contributed by atoms with E-state index in [2.05, 4.69) is 59.3 Å². The van der Waals surface area contributed by atoms with Gasteiger partial charge in [-0.25, -0.2) is 0 Å². The van der Waals surface area contributed by atoms with Gasteiger partial charge in [0.15, 0.2) is 0 Å². The Balaban J connectivity index is 0.000000345. The van der Waals surface area contributed by atoms with E-state index in [1.54, 1.807) is 0 Å². The maximum absolute atomic E-state index is 9.60. The van der Waals surface area contributed by atoms with Gasteiger partial charge in [0.05, 0.1) is 6.54 Å².